The van der Waals surface area contributed by atoms with Gasteiger partial charge in [0.05, 0.1) is 5.84 Å². The third-order valence-corrected chi connectivity index (χ3v) is 7.18. The summed E-state index contributed by atoms with van der Waals surface area (Å²) in [7, 11) is 4.75. The molecule has 4 amide bonds. The Morgan fingerprint density at radius 1 is 0.729 bits per heavy atom. The molecule has 0 fully saturated rings. The molecule has 4 rings (SSSR count). The van der Waals surface area contributed by atoms with Crippen LogP contribution in [0.5, 0.6) is 0 Å². The van der Waals surface area contributed by atoms with Gasteiger partial charge in [0.2, 0.25) is 17.5 Å². The molecule has 254 valence electrons. The Kier molecular flexibility index (Phi) is 11.8. The lowest BCUT2D eigenvalue weighted by Crippen LogP contribution is -2.29. The van der Waals surface area contributed by atoms with Gasteiger partial charge in [-0.05, 0) is 24.3 Å². The number of rotatable bonds is 15. The van der Waals surface area contributed by atoms with Crippen LogP contribution < -0.4 is 31.9 Å². The third kappa shape index (κ3) is 8.89. The summed E-state index contributed by atoms with van der Waals surface area (Å²) in [6, 6.07) is 6.96. The first-order valence-corrected chi connectivity index (χ1v) is 15.6. The zero-order chi connectivity index (χ0) is 35.0. The van der Waals surface area contributed by atoms with E-state index in [9.17, 15) is 19.2 Å². The minimum absolute atomic E-state index is 0.0160. The van der Waals surface area contributed by atoms with Crippen molar-refractivity contribution in [2.45, 2.75) is 6.42 Å². The van der Waals surface area contributed by atoms with Crippen LogP contribution in [0.4, 0.5) is 23.1 Å². The lowest BCUT2D eigenvalue weighted by atomic mass is 10.2. The normalized spacial score (nSPS) is 10.8. The molecule has 0 aliphatic rings. The molecule has 0 unspecified atom stereocenters. The van der Waals surface area contributed by atoms with E-state index in [4.69, 9.17) is 34.3 Å². The largest absolute Gasteiger partial charge is 0.388 e. The Hall–Kier alpha value is -5.42. The van der Waals surface area contributed by atoms with Gasteiger partial charge in [0.25, 0.3) is 23.6 Å². The van der Waals surface area contributed by atoms with E-state index in [1.807, 2.05) is 4.90 Å². The molecular formula is C29H35Cl2N13O4. The van der Waals surface area contributed by atoms with Crippen molar-refractivity contribution >= 4 is 75.8 Å². The van der Waals surface area contributed by atoms with Crippen molar-refractivity contribution in [2.24, 2.45) is 26.9 Å². The SMILES string of the molecule is Cn1cc(NC(=O)c2nc(NC(=O)c3nc(NC(=O)c4ccc(N(CCCl)CCCl)cc4)cn3C)cn2C)nc1C(=O)NCCC(=N)N. The number of nitrogens with one attached hydrogen (secondary N) is 5. The fourth-order valence-corrected chi connectivity index (χ4v) is 4.94. The van der Waals surface area contributed by atoms with Gasteiger partial charge >= 0.3 is 0 Å². The molecule has 0 spiro atoms. The van der Waals surface area contributed by atoms with Gasteiger partial charge in [-0.2, -0.15) is 0 Å². The lowest BCUT2D eigenvalue weighted by molar-refractivity contribution is 0.0938. The second-order valence-electron chi connectivity index (χ2n) is 10.5. The number of alkyl halides is 2. The molecule has 0 radical (unpaired) electrons. The number of carbonyl (C=O) groups is 4. The zero-order valence-corrected chi connectivity index (χ0v) is 27.9. The fraction of sp³-hybridized carbons (Fsp3) is 0.310. The highest BCUT2D eigenvalue weighted by atomic mass is 35.5. The lowest BCUT2D eigenvalue weighted by Gasteiger charge is -2.22. The topological polar surface area (TPSA) is 223 Å². The van der Waals surface area contributed by atoms with Crippen LogP contribution in [0.2, 0.25) is 0 Å². The molecule has 3 heterocycles. The van der Waals surface area contributed by atoms with E-state index in [0.717, 1.165) is 5.69 Å². The van der Waals surface area contributed by atoms with Crippen LogP contribution in [0.25, 0.3) is 0 Å². The van der Waals surface area contributed by atoms with Crippen LogP contribution in [0, 0.1) is 5.41 Å². The number of amides is 4. The predicted molar refractivity (Wildman–Crippen MR) is 182 cm³/mol. The number of hydrogen-bond donors (Lipinski definition) is 6. The Balaban J connectivity index is 1.37. The maximum absolute atomic E-state index is 13.1. The first kappa shape index (κ1) is 35.4. The van der Waals surface area contributed by atoms with Crippen molar-refractivity contribution in [1.29, 1.82) is 5.41 Å². The van der Waals surface area contributed by atoms with Crippen molar-refractivity contribution in [1.82, 2.24) is 34.0 Å². The number of aromatic nitrogens is 6. The van der Waals surface area contributed by atoms with Crippen LogP contribution in [0.3, 0.4) is 0 Å². The molecule has 0 saturated carbocycles. The van der Waals surface area contributed by atoms with Gasteiger partial charge in [-0.15, -0.1) is 23.2 Å². The van der Waals surface area contributed by atoms with E-state index in [0.29, 0.717) is 30.4 Å². The minimum atomic E-state index is -0.638. The van der Waals surface area contributed by atoms with Crippen molar-refractivity contribution < 1.29 is 19.2 Å². The number of nitrogens with two attached hydrogens (primary N) is 1. The van der Waals surface area contributed by atoms with Gasteiger partial charge < -0.3 is 45.6 Å². The molecule has 0 atom stereocenters. The zero-order valence-electron chi connectivity index (χ0n) is 26.4. The molecule has 1 aromatic carbocycles. The van der Waals surface area contributed by atoms with E-state index in [1.54, 1.807) is 45.4 Å². The highest BCUT2D eigenvalue weighted by Crippen LogP contribution is 2.18. The van der Waals surface area contributed by atoms with E-state index in [1.165, 1.54) is 32.3 Å². The van der Waals surface area contributed by atoms with Gasteiger partial charge in [0, 0.05) is 88.8 Å². The van der Waals surface area contributed by atoms with E-state index < -0.39 is 23.6 Å². The highest BCUT2D eigenvalue weighted by Gasteiger charge is 2.21. The second kappa shape index (κ2) is 15.9. The summed E-state index contributed by atoms with van der Waals surface area (Å²) in [5.74, 6) is -1.05. The minimum Gasteiger partial charge on any atom is -0.388 e. The molecule has 17 nitrogen and oxygen atoms in total. The summed E-state index contributed by atoms with van der Waals surface area (Å²) in [4.78, 5) is 65.9. The number of hydrogen-bond acceptors (Lipinski definition) is 9. The number of halogens is 2. The van der Waals surface area contributed by atoms with E-state index in [-0.39, 0.29) is 53.7 Å². The highest BCUT2D eigenvalue weighted by molar-refractivity contribution is 6.18. The second-order valence-corrected chi connectivity index (χ2v) is 11.2. The van der Waals surface area contributed by atoms with Gasteiger partial charge in [0.15, 0.2) is 17.5 Å². The molecular weight excluding hydrogens is 665 g/mol. The molecule has 7 N–H and O–H groups in total. The molecule has 4 aromatic rings. The maximum atomic E-state index is 13.1. The van der Waals surface area contributed by atoms with Gasteiger partial charge in [-0.3, -0.25) is 24.6 Å². The van der Waals surface area contributed by atoms with Crippen molar-refractivity contribution in [2.75, 3.05) is 52.2 Å². The van der Waals surface area contributed by atoms with Crippen molar-refractivity contribution in [3.05, 3.63) is 65.9 Å². The number of aryl methyl sites for hydroxylation is 3. The smallest absolute Gasteiger partial charge is 0.292 e. The van der Waals surface area contributed by atoms with Crippen LogP contribution >= 0.6 is 23.2 Å². The summed E-state index contributed by atoms with van der Waals surface area (Å²) >= 11 is 11.8. The van der Waals surface area contributed by atoms with Crippen LogP contribution in [0.1, 0.15) is 48.6 Å². The number of anilines is 4. The van der Waals surface area contributed by atoms with Crippen LogP contribution in [-0.4, -0.2) is 89.5 Å². The molecule has 19 heteroatoms. The van der Waals surface area contributed by atoms with Crippen LogP contribution in [-0.2, 0) is 21.1 Å². The van der Waals surface area contributed by atoms with Crippen molar-refractivity contribution in [3.63, 3.8) is 0 Å². The number of benzene rings is 1. The Morgan fingerprint density at radius 3 is 1.56 bits per heavy atom. The molecule has 3 aromatic heterocycles. The first-order valence-electron chi connectivity index (χ1n) is 14.5. The average Bonchev–Trinajstić information content (AvgIpc) is 3.71. The summed E-state index contributed by atoms with van der Waals surface area (Å²) in [6.07, 6.45) is 4.58. The maximum Gasteiger partial charge on any atom is 0.292 e. The monoisotopic (exact) mass is 699 g/mol. The number of carbonyl (C=O) groups excluding carboxylic acids is 4. The quantitative estimate of drug-likeness (QED) is 0.0605. The Morgan fingerprint density at radius 2 is 1.15 bits per heavy atom. The first-order chi connectivity index (χ1) is 22.9. The van der Waals surface area contributed by atoms with Crippen LogP contribution in [0.15, 0.2) is 42.9 Å². The van der Waals surface area contributed by atoms with E-state index >= 15 is 0 Å². The molecule has 0 aliphatic heterocycles. The van der Waals surface area contributed by atoms with Gasteiger partial charge in [-0.1, -0.05) is 0 Å². The number of amidine groups is 1. The standard InChI is InChI=1S/C29H35Cl2N13O4/c1-41-15-21(35-23(41)27(46)34-11-8-19(32)33)39-29(48)25-37-22(16-43(25)3)40-28(47)24-36-20(14-42(24)2)38-26(45)17-4-6-18(7-5-17)44(12-9-30)13-10-31/h4-7,14-16H,8-13H2,1-3H3,(H3,32,33)(H,34,46)(H,38,45)(H,39,48)(H,40,47). The summed E-state index contributed by atoms with van der Waals surface area (Å²) < 4.78 is 4.28. The fourth-order valence-electron chi connectivity index (χ4n) is 4.53. The molecule has 0 aliphatic carbocycles. The number of nitrogens with zero attached hydrogens (tertiary/aromatic N) is 7. The number of imidazole rings is 3. The Labute approximate surface area is 285 Å². The summed E-state index contributed by atoms with van der Waals surface area (Å²) in [5, 5.41) is 17.7. The third-order valence-electron chi connectivity index (χ3n) is 6.85. The Bertz CT molecular complexity index is 1810. The molecule has 0 bridgehead atoms. The summed E-state index contributed by atoms with van der Waals surface area (Å²) in [5.41, 5.74) is 6.58. The van der Waals surface area contributed by atoms with E-state index in [2.05, 4.69) is 36.2 Å². The molecule has 0 saturated heterocycles. The molecule has 48 heavy (non-hydrogen) atoms. The van der Waals surface area contributed by atoms with Crippen molar-refractivity contribution in [3.8, 4) is 0 Å². The average molecular weight is 701 g/mol. The van der Waals surface area contributed by atoms with Gasteiger partial charge in [0.1, 0.15) is 0 Å². The summed E-state index contributed by atoms with van der Waals surface area (Å²) in [6.45, 7) is 1.40. The van der Waals surface area contributed by atoms with Gasteiger partial charge in [-0.25, -0.2) is 15.0 Å². The predicted octanol–water partition coefficient (Wildman–Crippen LogP) is 1.98.